The molecular weight excluding hydrogens is 438 g/mol. The van der Waals surface area contributed by atoms with Crippen molar-refractivity contribution in [2.24, 2.45) is 0 Å². The van der Waals surface area contributed by atoms with Crippen molar-refractivity contribution in [3.8, 4) is 0 Å². The number of benzene rings is 3. The van der Waals surface area contributed by atoms with Gasteiger partial charge in [-0.2, -0.15) is 0 Å². The van der Waals surface area contributed by atoms with Gasteiger partial charge in [-0.1, -0.05) is 90.2 Å². The van der Waals surface area contributed by atoms with Crippen LogP contribution in [0.4, 0.5) is 5.13 Å². The fourth-order valence-electron chi connectivity index (χ4n) is 4.21. The summed E-state index contributed by atoms with van der Waals surface area (Å²) in [7, 11) is 0. The predicted octanol–water partition coefficient (Wildman–Crippen LogP) is 6.76. The van der Waals surface area contributed by atoms with Gasteiger partial charge in [-0.3, -0.25) is 14.7 Å². The van der Waals surface area contributed by atoms with Crippen LogP contribution in [0.1, 0.15) is 34.6 Å². The molecule has 34 heavy (non-hydrogen) atoms. The molecule has 2 heterocycles. The Hall–Kier alpha value is -3.83. The van der Waals surface area contributed by atoms with Crippen LogP contribution in [0.5, 0.6) is 0 Å². The predicted molar refractivity (Wildman–Crippen MR) is 139 cm³/mol. The van der Waals surface area contributed by atoms with Crippen molar-refractivity contribution in [3.63, 3.8) is 0 Å². The Kier molecular flexibility index (Phi) is 6.45. The van der Waals surface area contributed by atoms with Gasteiger partial charge in [-0.15, -0.1) is 0 Å². The first kappa shape index (κ1) is 22.0. The molecule has 0 saturated heterocycles. The number of hydrogen-bond acceptors (Lipinski definition) is 4. The third-order valence-corrected chi connectivity index (χ3v) is 7.03. The Morgan fingerprint density at radius 1 is 0.882 bits per heavy atom. The molecule has 0 N–H and O–H groups in total. The van der Waals surface area contributed by atoms with Gasteiger partial charge >= 0.3 is 0 Å². The molecule has 5 rings (SSSR count). The largest absolute Gasteiger partial charge is 0.284 e. The molecule has 4 nitrogen and oxygen atoms in total. The van der Waals surface area contributed by atoms with E-state index in [1.165, 1.54) is 0 Å². The van der Waals surface area contributed by atoms with Crippen molar-refractivity contribution >= 4 is 32.6 Å². The summed E-state index contributed by atoms with van der Waals surface area (Å²) < 4.78 is 1.08. The van der Waals surface area contributed by atoms with E-state index in [4.69, 9.17) is 4.98 Å². The summed E-state index contributed by atoms with van der Waals surface area (Å²) in [5, 5.41) is 0.720. The number of aromatic nitrogens is 2. The molecule has 0 fully saturated rings. The van der Waals surface area contributed by atoms with Gasteiger partial charge in [0.25, 0.3) is 0 Å². The summed E-state index contributed by atoms with van der Waals surface area (Å²) in [6.07, 6.45) is 3.91. The third kappa shape index (κ3) is 4.75. The second-order valence-corrected chi connectivity index (χ2v) is 9.35. The van der Waals surface area contributed by atoms with Crippen molar-refractivity contribution in [1.29, 1.82) is 0 Å². The highest BCUT2D eigenvalue weighted by Crippen LogP contribution is 2.34. The van der Waals surface area contributed by atoms with Gasteiger partial charge in [0.05, 0.1) is 16.8 Å². The number of fused-ring (bicyclic) bond motifs is 1. The Labute approximate surface area is 203 Å². The normalized spacial score (nSPS) is 11.1. The molecule has 0 bridgehead atoms. The van der Waals surface area contributed by atoms with Crippen LogP contribution < -0.4 is 4.90 Å². The highest BCUT2D eigenvalue weighted by molar-refractivity contribution is 7.22. The molecule has 5 heteroatoms. The molecule has 1 amide bonds. The van der Waals surface area contributed by atoms with E-state index in [0.717, 1.165) is 37.6 Å². The number of aryl methyl sites for hydroxylation is 1. The quantitative estimate of drug-likeness (QED) is 0.268. The van der Waals surface area contributed by atoms with Crippen LogP contribution in [0.2, 0.25) is 0 Å². The average Bonchev–Trinajstić information content (AvgIpc) is 3.33. The van der Waals surface area contributed by atoms with E-state index >= 15 is 0 Å². The molecule has 0 aliphatic carbocycles. The first-order chi connectivity index (χ1) is 16.7. The number of hydrogen-bond donors (Lipinski definition) is 0. The number of thiazole rings is 1. The summed E-state index contributed by atoms with van der Waals surface area (Å²) in [5.41, 5.74) is 5.30. The van der Waals surface area contributed by atoms with Crippen LogP contribution in [-0.2, 0) is 11.3 Å². The molecule has 3 aromatic carbocycles. The van der Waals surface area contributed by atoms with Crippen LogP contribution in [0, 0.1) is 6.92 Å². The van der Waals surface area contributed by atoms with Gasteiger partial charge in [0, 0.05) is 24.7 Å². The number of carbonyl (C=O) groups is 1. The maximum atomic E-state index is 13.9. The van der Waals surface area contributed by atoms with Crippen LogP contribution >= 0.6 is 11.3 Å². The number of amides is 1. The number of rotatable bonds is 7. The second-order valence-electron chi connectivity index (χ2n) is 8.34. The number of pyridine rings is 1. The smallest absolute Gasteiger partial charge is 0.230 e. The summed E-state index contributed by atoms with van der Waals surface area (Å²) in [5.74, 6) is 0.000631. The molecule has 0 aliphatic rings. The second kappa shape index (κ2) is 9.98. The zero-order chi connectivity index (χ0) is 23.3. The summed E-state index contributed by atoms with van der Waals surface area (Å²) in [6, 6.07) is 30.6. The van der Waals surface area contributed by atoms with Gasteiger partial charge in [-0.05, 0) is 41.3 Å². The molecule has 0 radical (unpaired) electrons. The minimum absolute atomic E-state index is 0.0394. The van der Waals surface area contributed by atoms with Gasteiger partial charge in [0.2, 0.25) is 5.91 Å². The molecular formula is C29H25N3OS. The Morgan fingerprint density at radius 3 is 2.21 bits per heavy atom. The number of nitrogens with zero attached hydrogens (tertiary/aromatic N) is 3. The molecule has 0 unspecified atom stereocenters. The average molecular weight is 464 g/mol. The lowest BCUT2D eigenvalue weighted by molar-refractivity contribution is -0.119. The summed E-state index contributed by atoms with van der Waals surface area (Å²) in [4.78, 5) is 24.9. The molecule has 2 aromatic heterocycles. The lowest BCUT2D eigenvalue weighted by Crippen LogP contribution is -2.31. The van der Waals surface area contributed by atoms with Gasteiger partial charge in [-0.25, -0.2) is 4.98 Å². The van der Waals surface area contributed by atoms with Crippen LogP contribution in [0.25, 0.3) is 10.2 Å². The SMILES string of the molecule is Cc1cccc2sc(N(Cc3cccnc3)C(=O)CC(c3ccccc3)c3ccccc3)nc12. The van der Waals surface area contributed by atoms with E-state index in [2.05, 4.69) is 48.3 Å². The van der Waals surface area contributed by atoms with Crippen molar-refractivity contribution in [1.82, 2.24) is 9.97 Å². The van der Waals surface area contributed by atoms with Crippen LogP contribution in [-0.4, -0.2) is 15.9 Å². The molecule has 0 spiro atoms. The minimum atomic E-state index is -0.0394. The van der Waals surface area contributed by atoms with E-state index in [1.54, 1.807) is 17.5 Å². The molecule has 0 aliphatic heterocycles. The lowest BCUT2D eigenvalue weighted by atomic mass is 9.88. The highest BCUT2D eigenvalue weighted by Gasteiger charge is 2.25. The van der Waals surface area contributed by atoms with Gasteiger partial charge in [0.1, 0.15) is 0 Å². The van der Waals surface area contributed by atoms with Crippen molar-refractivity contribution in [2.75, 3.05) is 4.90 Å². The topological polar surface area (TPSA) is 46.1 Å². The number of para-hydroxylation sites is 1. The first-order valence-electron chi connectivity index (χ1n) is 11.3. The zero-order valence-corrected chi connectivity index (χ0v) is 19.8. The van der Waals surface area contributed by atoms with Gasteiger partial charge < -0.3 is 0 Å². The maximum Gasteiger partial charge on any atom is 0.230 e. The summed E-state index contributed by atoms with van der Waals surface area (Å²) >= 11 is 1.56. The Balaban J connectivity index is 1.53. The molecule has 0 atom stereocenters. The molecule has 5 aromatic rings. The van der Waals surface area contributed by atoms with E-state index in [1.807, 2.05) is 65.7 Å². The highest BCUT2D eigenvalue weighted by atomic mass is 32.1. The molecule has 0 saturated carbocycles. The van der Waals surface area contributed by atoms with Crippen LogP contribution in [0.3, 0.4) is 0 Å². The van der Waals surface area contributed by atoms with E-state index in [-0.39, 0.29) is 11.8 Å². The maximum absolute atomic E-state index is 13.9. The Morgan fingerprint density at radius 2 is 1.59 bits per heavy atom. The third-order valence-electron chi connectivity index (χ3n) is 5.99. The minimum Gasteiger partial charge on any atom is -0.284 e. The van der Waals surface area contributed by atoms with Crippen molar-refractivity contribution in [2.45, 2.75) is 25.8 Å². The van der Waals surface area contributed by atoms with Crippen molar-refractivity contribution in [3.05, 3.63) is 126 Å². The fourth-order valence-corrected chi connectivity index (χ4v) is 5.27. The standard InChI is InChI=1S/C29H25N3OS/c1-21-10-8-16-26-28(21)31-29(34-26)32(20-22-11-9-17-30-19-22)27(33)18-25(23-12-4-2-5-13-23)24-14-6-3-7-15-24/h2-17,19,25H,18,20H2,1H3. The first-order valence-corrected chi connectivity index (χ1v) is 12.2. The van der Waals surface area contributed by atoms with Gasteiger partial charge in [0.15, 0.2) is 5.13 Å². The zero-order valence-electron chi connectivity index (χ0n) is 19.0. The fraction of sp³-hybridized carbons (Fsp3) is 0.138. The lowest BCUT2D eigenvalue weighted by Gasteiger charge is -2.24. The van der Waals surface area contributed by atoms with Crippen molar-refractivity contribution < 1.29 is 4.79 Å². The Bertz CT molecular complexity index is 1350. The monoisotopic (exact) mass is 463 g/mol. The van der Waals surface area contributed by atoms with E-state index in [9.17, 15) is 4.79 Å². The van der Waals surface area contributed by atoms with E-state index < -0.39 is 0 Å². The number of carbonyl (C=O) groups excluding carboxylic acids is 1. The number of anilines is 1. The van der Waals surface area contributed by atoms with E-state index in [0.29, 0.717) is 13.0 Å². The molecule has 168 valence electrons. The summed E-state index contributed by atoms with van der Waals surface area (Å²) in [6.45, 7) is 2.49. The van der Waals surface area contributed by atoms with Crippen LogP contribution in [0.15, 0.2) is 103 Å².